The zero-order valence-electron chi connectivity index (χ0n) is 17.0. The number of halogens is 1. The summed E-state index contributed by atoms with van der Waals surface area (Å²) < 4.78 is 6.50. The molecular weight excluding hydrogens is 493 g/mol. The predicted octanol–water partition coefficient (Wildman–Crippen LogP) is 8.02. The van der Waals surface area contributed by atoms with Crippen molar-refractivity contribution in [2.45, 2.75) is 0 Å². The third-order valence-electron chi connectivity index (χ3n) is 5.50. The van der Waals surface area contributed by atoms with Gasteiger partial charge in [0.05, 0.1) is 12.8 Å². The number of nitrogens with zero attached hydrogens (tertiary/aromatic N) is 1. The average Bonchev–Trinajstić information content (AvgIpc) is 2.82. The van der Waals surface area contributed by atoms with E-state index in [1.54, 1.807) is 7.11 Å². The number of fused-ring (bicyclic) bond motifs is 2. The first-order valence-corrected chi connectivity index (χ1v) is 11.2. The fraction of sp³-hybridized carbons (Fsp3) is 0.0357. The molecule has 2 nitrogen and oxygen atoms in total. The molecule has 0 aliphatic heterocycles. The van der Waals surface area contributed by atoms with E-state index in [4.69, 9.17) is 9.73 Å². The molecule has 0 aromatic heterocycles. The smallest absolute Gasteiger partial charge is 0.119 e. The summed E-state index contributed by atoms with van der Waals surface area (Å²) in [5.41, 5.74) is 4.39. The highest BCUT2D eigenvalue weighted by Gasteiger charge is 2.09. The van der Waals surface area contributed by atoms with Crippen molar-refractivity contribution >= 4 is 56.0 Å². The zero-order valence-corrected chi connectivity index (χ0v) is 19.2. The number of hydrogen-bond donors (Lipinski definition) is 0. The first-order valence-electron chi connectivity index (χ1n) is 10.1. The highest BCUT2D eigenvalue weighted by Crippen LogP contribution is 2.32. The van der Waals surface area contributed by atoms with Crippen LogP contribution in [0.2, 0.25) is 0 Å². The molecule has 0 radical (unpaired) electrons. The minimum Gasteiger partial charge on any atom is -0.497 e. The molecule has 5 aromatic carbocycles. The van der Waals surface area contributed by atoms with Gasteiger partial charge in [-0.15, -0.1) is 0 Å². The van der Waals surface area contributed by atoms with Gasteiger partial charge < -0.3 is 4.74 Å². The summed E-state index contributed by atoms with van der Waals surface area (Å²) in [6.07, 6.45) is 1.98. The van der Waals surface area contributed by atoms with Crippen LogP contribution in [0.1, 0.15) is 5.56 Å². The van der Waals surface area contributed by atoms with Crippen molar-refractivity contribution in [2.24, 2.45) is 4.99 Å². The van der Waals surface area contributed by atoms with Gasteiger partial charge >= 0.3 is 0 Å². The van der Waals surface area contributed by atoms with Crippen LogP contribution in [0.3, 0.4) is 0 Å². The first kappa shape index (κ1) is 19.8. The number of ether oxygens (including phenoxy) is 1. The number of benzene rings is 5. The summed E-state index contributed by atoms with van der Waals surface area (Å²) in [4.78, 5) is 4.78. The molecule has 0 spiro atoms. The van der Waals surface area contributed by atoms with Gasteiger partial charge in [0.15, 0.2) is 0 Å². The fourth-order valence-corrected chi connectivity index (χ4v) is 4.39. The van der Waals surface area contributed by atoms with Crippen molar-refractivity contribution in [2.75, 3.05) is 7.11 Å². The number of hydrogen-bond acceptors (Lipinski definition) is 2. The predicted molar refractivity (Wildman–Crippen MR) is 140 cm³/mol. The lowest BCUT2D eigenvalue weighted by atomic mass is 9.93. The lowest BCUT2D eigenvalue weighted by molar-refractivity contribution is 0.415. The molecule has 0 aliphatic carbocycles. The quantitative estimate of drug-likeness (QED) is 0.176. The Hall–Kier alpha value is -3.18. The van der Waals surface area contributed by atoms with Gasteiger partial charge in [-0.1, -0.05) is 54.6 Å². The van der Waals surface area contributed by atoms with Crippen LogP contribution in [0.5, 0.6) is 5.75 Å². The average molecular weight is 513 g/mol. The Kier molecular flexibility index (Phi) is 5.43. The van der Waals surface area contributed by atoms with Crippen LogP contribution in [0.4, 0.5) is 5.69 Å². The van der Waals surface area contributed by atoms with Crippen molar-refractivity contribution in [3.05, 3.63) is 106 Å². The third-order valence-corrected chi connectivity index (χ3v) is 6.17. The molecular formula is C28H20INO. The monoisotopic (exact) mass is 513 g/mol. The Morgan fingerprint density at radius 1 is 0.742 bits per heavy atom. The van der Waals surface area contributed by atoms with Gasteiger partial charge in [-0.2, -0.15) is 0 Å². The SMILES string of the molecule is COc1ccc(N=Cc2c(-c3ccc4cc(I)ccc4c3)ccc3ccccc23)cc1. The van der Waals surface area contributed by atoms with E-state index in [2.05, 4.69) is 95.4 Å². The van der Waals surface area contributed by atoms with Crippen molar-refractivity contribution in [1.29, 1.82) is 0 Å². The number of methoxy groups -OCH3 is 1. The standard InChI is InChI=1S/C28H20INO/c1-31-25-13-11-24(12-14-25)30-18-28-26-5-3-2-4-19(26)9-15-27(28)22-7-6-21-17-23(29)10-8-20(21)16-22/h2-18H,1H3. The Balaban J connectivity index is 1.66. The van der Waals surface area contributed by atoms with Crippen LogP contribution in [-0.2, 0) is 0 Å². The molecule has 31 heavy (non-hydrogen) atoms. The van der Waals surface area contributed by atoms with Crippen molar-refractivity contribution in [3.8, 4) is 16.9 Å². The molecule has 0 saturated carbocycles. The molecule has 0 unspecified atom stereocenters. The maximum atomic E-state index is 5.26. The van der Waals surface area contributed by atoms with E-state index in [1.165, 1.54) is 36.2 Å². The van der Waals surface area contributed by atoms with Crippen LogP contribution in [0.25, 0.3) is 32.7 Å². The minimum absolute atomic E-state index is 0.829. The fourth-order valence-electron chi connectivity index (χ4n) is 3.88. The van der Waals surface area contributed by atoms with Crippen molar-refractivity contribution in [1.82, 2.24) is 0 Å². The van der Waals surface area contributed by atoms with E-state index in [0.29, 0.717) is 0 Å². The van der Waals surface area contributed by atoms with Gasteiger partial charge in [0.25, 0.3) is 0 Å². The summed E-state index contributed by atoms with van der Waals surface area (Å²) in [6.45, 7) is 0. The van der Waals surface area contributed by atoms with Gasteiger partial charge in [0.1, 0.15) is 5.75 Å². The van der Waals surface area contributed by atoms with E-state index < -0.39 is 0 Å². The van der Waals surface area contributed by atoms with Gasteiger partial charge in [0, 0.05) is 15.3 Å². The van der Waals surface area contributed by atoms with Crippen LogP contribution in [0, 0.1) is 3.57 Å². The molecule has 0 fully saturated rings. The first-order chi connectivity index (χ1) is 15.2. The molecule has 0 N–H and O–H groups in total. The van der Waals surface area contributed by atoms with Crippen LogP contribution in [-0.4, -0.2) is 13.3 Å². The van der Waals surface area contributed by atoms with Gasteiger partial charge in [0.2, 0.25) is 0 Å². The van der Waals surface area contributed by atoms with E-state index >= 15 is 0 Å². The summed E-state index contributed by atoms with van der Waals surface area (Å²) in [7, 11) is 1.67. The molecule has 150 valence electrons. The highest BCUT2D eigenvalue weighted by molar-refractivity contribution is 14.1. The Morgan fingerprint density at radius 2 is 1.48 bits per heavy atom. The maximum absolute atomic E-state index is 5.26. The normalized spacial score (nSPS) is 11.4. The second kappa shape index (κ2) is 8.52. The van der Waals surface area contributed by atoms with Crippen molar-refractivity contribution < 1.29 is 4.74 Å². The largest absolute Gasteiger partial charge is 0.497 e. The molecule has 0 atom stereocenters. The number of rotatable bonds is 4. The Labute approximate surface area is 195 Å². The molecule has 0 saturated heterocycles. The topological polar surface area (TPSA) is 21.6 Å². The zero-order chi connectivity index (χ0) is 21.2. The maximum Gasteiger partial charge on any atom is 0.119 e. The minimum atomic E-state index is 0.829. The molecule has 5 aromatic rings. The number of aliphatic imine (C=N–C) groups is 1. The van der Waals surface area contributed by atoms with Crippen LogP contribution < -0.4 is 4.74 Å². The molecule has 5 rings (SSSR count). The lowest BCUT2D eigenvalue weighted by Gasteiger charge is -2.11. The van der Waals surface area contributed by atoms with Crippen LogP contribution >= 0.6 is 22.6 Å². The summed E-state index contributed by atoms with van der Waals surface area (Å²) in [6, 6.07) is 33.9. The van der Waals surface area contributed by atoms with E-state index in [0.717, 1.165) is 17.0 Å². The van der Waals surface area contributed by atoms with Gasteiger partial charge in [-0.05, 0) is 97.7 Å². The van der Waals surface area contributed by atoms with E-state index in [-0.39, 0.29) is 0 Å². The van der Waals surface area contributed by atoms with Crippen molar-refractivity contribution in [3.63, 3.8) is 0 Å². The summed E-state index contributed by atoms with van der Waals surface area (Å²) in [5.74, 6) is 0.829. The van der Waals surface area contributed by atoms with Gasteiger partial charge in [-0.3, -0.25) is 4.99 Å². The van der Waals surface area contributed by atoms with Crippen LogP contribution in [0.15, 0.2) is 102 Å². The third kappa shape index (κ3) is 4.06. The summed E-state index contributed by atoms with van der Waals surface area (Å²) in [5, 5.41) is 4.90. The highest BCUT2D eigenvalue weighted by atomic mass is 127. The molecule has 0 heterocycles. The van der Waals surface area contributed by atoms with Gasteiger partial charge in [-0.25, -0.2) is 0 Å². The molecule has 3 heteroatoms. The molecule has 0 bridgehead atoms. The summed E-state index contributed by atoms with van der Waals surface area (Å²) >= 11 is 2.36. The molecule has 0 amide bonds. The second-order valence-corrected chi connectivity index (χ2v) is 8.66. The Morgan fingerprint density at radius 3 is 2.32 bits per heavy atom. The second-order valence-electron chi connectivity index (χ2n) is 7.41. The van der Waals surface area contributed by atoms with E-state index in [9.17, 15) is 0 Å². The lowest BCUT2D eigenvalue weighted by Crippen LogP contribution is -1.91. The molecule has 0 aliphatic rings. The van der Waals surface area contributed by atoms with E-state index in [1.807, 2.05) is 30.5 Å². The Bertz CT molecular complexity index is 1420.